The van der Waals surface area contributed by atoms with Gasteiger partial charge in [-0.05, 0) is 44.5 Å². The van der Waals surface area contributed by atoms with E-state index < -0.39 is 0 Å². The summed E-state index contributed by atoms with van der Waals surface area (Å²) in [5.41, 5.74) is 6.98. The van der Waals surface area contributed by atoms with Gasteiger partial charge in [0.25, 0.3) is 0 Å². The Balaban J connectivity index is 2.90. The fourth-order valence-electron chi connectivity index (χ4n) is 2.89. The van der Waals surface area contributed by atoms with Crippen molar-refractivity contribution >= 4 is 0 Å². The zero-order valence-corrected chi connectivity index (χ0v) is 13.0. The Morgan fingerprint density at radius 3 is 2.40 bits per heavy atom. The maximum absolute atomic E-state index is 13.0. The van der Waals surface area contributed by atoms with Gasteiger partial charge in [0.2, 0.25) is 0 Å². The van der Waals surface area contributed by atoms with E-state index in [2.05, 4.69) is 25.7 Å². The smallest absolute Gasteiger partial charge is 0.123 e. The Morgan fingerprint density at radius 1 is 1.35 bits per heavy atom. The Hall–Kier alpha value is -0.970. The molecule has 0 saturated heterocycles. The van der Waals surface area contributed by atoms with E-state index in [1.54, 1.807) is 7.11 Å². The Labute approximate surface area is 121 Å². The molecule has 0 aliphatic carbocycles. The first kappa shape index (κ1) is 17.1. The third-order valence-corrected chi connectivity index (χ3v) is 3.91. The number of nitrogens with two attached hydrogens (primary N) is 1. The number of hydrogen-bond acceptors (Lipinski definition) is 3. The molecular formula is C16H27FN2O. The summed E-state index contributed by atoms with van der Waals surface area (Å²) in [4.78, 5) is 2.36. The normalized spacial score (nSPS) is 16.1. The summed E-state index contributed by atoms with van der Waals surface area (Å²) < 4.78 is 18.3. The molecule has 20 heavy (non-hydrogen) atoms. The molecule has 3 nitrogen and oxygen atoms in total. The molecular weight excluding hydrogens is 255 g/mol. The van der Waals surface area contributed by atoms with Crippen molar-refractivity contribution in [2.75, 3.05) is 26.8 Å². The first-order valence-electron chi connectivity index (χ1n) is 7.17. The van der Waals surface area contributed by atoms with E-state index >= 15 is 0 Å². The molecule has 114 valence electrons. The van der Waals surface area contributed by atoms with Crippen LogP contribution >= 0.6 is 0 Å². The maximum Gasteiger partial charge on any atom is 0.123 e. The van der Waals surface area contributed by atoms with E-state index in [0.717, 1.165) is 18.5 Å². The molecule has 4 heteroatoms. The second kappa shape index (κ2) is 7.72. The summed E-state index contributed by atoms with van der Waals surface area (Å²) in [6.45, 7) is 8.56. The van der Waals surface area contributed by atoms with Crippen LogP contribution in [0.25, 0.3) is 0 Å². The van der Waals surface area contributed by atoms with Gasteiger partial charge in [-0.15, -0.1) is 0 Å². The van der Waals surface area contributed by atoms with Gasteiger partial charge in [0.1, 0.15) is 5.82 Å². The van der Waals surface area contributed by atoms with Crippen LogP contribution in [0.5, 0.6) is 0 Å². The number of likely N-dealkylation sites (N-methyl/N-ethyl adjacent to an activating group) is 1. The summed E-state index contributed by atoms with van der Waals surface area (Å²) in [6.07, 6.45) is 0.797. The van der Waals surface area contributed by atoms with E-state index in [9.17, 15) is 4.39 Å². The highest BCUT2D eigenvalue weighted by molar-refractivity contribution is 5.19. The van der Waals surface area contributed by atoms with E-state index in [-0.39, 0.29) is 11.4 Å². The lowest BCUT2D eigenvalue weighted by Gasteiger charge is -2.44. The molecule has 1 aromatic carbocycles. The lowest BCUT2D eigenvalue weighted by molar-refractivity contribution is 0.0295. The van der Waals surface area contributed by atoms with Crippen LogP contribution < -0.4 is 5.73 Å². The molecule has 2 atom stereocenters. The quantitative estimate of drug-likeness (QED) is 0.796. The lowest BCUT2D eigenvalue weighted by atomic mass is 9.89. The Bertz CT molecular complexity index is 396. The highest BCUT2D eigenvalue weighted by Gasteiger charge is 2.32. The summed E-state index contributed by atoms with van der Waals surface area (Å²) in [5.74, 6) is -0.205. The van der Waals surface area contributed by atoms with E-state index in [0.29, 0.717) is 19.2 Å². The lowest BCUT2D eigenvalue weighted by Crippen LogP contribution is -2.57. The minimum Gasteiger partial charge on any atom is -0.383 e. The van der Waals surface area contributed by atoms with Crippen LogP contribution in [-0.2, 0) is 11.2 Å². The number of ether oxygens (including phenoxy) is 1. The highest BCUT2D eigenvalue weighted by atomic mass is 19.1. The topological polar surface area (TPSA) is 38.5 Å². The van der Waals surface area contributed by atoms with Gasteiger partial charge in [-0.3, -0.25) is 4.90 Å². The van der Waals surface area contributed by atoms with E-state index in [1.807, 2.05) is 12.1 Å². The van der Waals surface area contributed by atoms with Crippen molar-refractivity contribution in [3.8, 4) is 0 Å². The van der Waals surface area contributed by atoms with Crippen molar-refractivity contribution in [2.24, 2.45) is 5.73 Å². The second-order valence-electron chi connectivity index (χ2n) is 5.59. The molecule has 0 amide bonds. The zero-order chi connectivity index (χ0) is 15.2. The first-order valence-corrected chi connectivity index (χ1v) is 7.17. The third kappa shape index (κ3) is 4.27. The fourth-order valence-corrected chi connectivity index (χ4v) is 2.89. The minimum atomic E-state index is -0.205. The standard InChI is InChI=1S/C16H27FN2O/c1-5-19(13(2)11-20-4)16(3,12-18)10-14-6-8-15(17)9-7-14/h6-9,13H,5,10-12,18H2,1-4H3. The number of benzene rings is 1. The van der Waals surface area contributed by atoms with Crippen molar-refractivity contribution < 1.29 is 9.13 Å². The molecule has 0 aliphatic rings. The van der Waals surface area contributed by atoms with Crippen molar-refractivity contribution in [2.45, 2.75) is 38.8 Å². The number of rotatable bonds is 8. The van der Waals surface area contributed by atoms with E-state index in [4.69, 9.17) is 10.5 Å². The number of halogens is 1. The van der Waals surface area contributed by atoms with Gasteiger partial charge in [0, 0.05) is 25.2 Å². The second-order valence-corrected chi connectivity index (χ2v) is 5.59. The SMILES string of the molecule is CCN(C(C)COC)C(C)(CN)Cc1ccc(F)cc1. The highest BCUT2D eigenvalue weighted by Crippen LogP contribution is 2.23. The summed E-state index contributed by atoms with van der Waals surface area (Å²) >= 11 is 0. The van der Waals surface area contributed by atoms with Crippen LogP contribution in [0, 0.1) is 5.82 Å². The van der Waals surface area contributed by atoms with Crippen LogP contribution in [0.3, 0.4) is 0 Å². The van der Waals surface area contributed by atoms with Crippen LogP contribution in [-0.4, -0.2) is 43.3 Å². The molecule has 2 unspecified atom stereocenters. The predicted molar refractivity (Wildman–Crippen MR) is 81.3 cm³/mol. The van der Waals surface area contributed by atoms with Crippen LogP contribution in [0.1, 0.15) is 26.3 Å². The molecule has 0 heterocycles. The largest absolute Gasteiger partial charge is 0.383 e. The number of methoxy groups -OCH3 is 1. The molecule has 0 aliphatic heterocycles. The number of nitrogens with zero attached hydrogens (tertiary/aromatic N) is 1. The van der Waals surface area contributed by atoms with Gasteiger partial charge >= 0.3 is 0 Å². The number of hydrogen-bond donors (Lipinski definition) is 1. The van der Waals surface area contributed by atoms with Crippen LogP contribution in [0.15, 0.2) is 24.3 Å². The molecule has 0 aromatic heterocycles. The molecule has 0 spiro atoms. The maximum atomic E-state index is 13.0. The molecule has 0 radical (unpaired) electrons. The first-order chi connectivity index (χ1) is 9.46. The molecule has 0 bridgehead atoms. The Morgan fingerprint density at radius 2 is 1.95 bits per heavy atom. The van der Waals surface area contributed by atoms with Gasteiger partial charge in [-0.25, -0.2) is 4.39 Å². The van der Waals surface area contributed by atoms with Gasteiger partial charge in [-0.1, -0.05) is 19.1 Å². The summed E-state index contributed by atoms with van der Waals surface area (Å²) in [6, 6.07) is 6.96. The average molecular weight is 282 g/mol. The average Bonchev–Trinajstić information content (AvgIpc) is 2.42. The van der Waals surface area contributed by atoms with Crippen molar-refractivity contribution in [3.63, 3.8) is 0 Å². The van der Waals surface area contributed by atoms with Crippen molar-refractivity contribution in [1.29, 1.82) is 0 Å². The third-order valence-electron chi connectivity index (χ3n) is 3.91. The molecule has 1 rings (SSSR count). The monoisotopic (exact) mass is 282 g/mol. The molecule has 0 saturated carbocycles. The van der Waals surface area contributed by atoms with Crippen LogP contribution in [0.4, 0.5) is 4.39 Å². The molecule has 1 aromatic rings. The predicted octanol–water partition coefficient (Wildman–Crippen LogP) is 2.44. The minimum absolute atomic E-state index is 0.162. The summed E-state index contributed by atoms with van der Waals surface area (Å²) in [7, 11) is 1.71. The molecule has 0 fully saturated rings. The zero-order valence-electron chi connectivity index (χ0n) is 13.0. The van der Waals surface area contributed by atoms with Crippen molar-refractivity contribution in [1.82, 2.24) is 4.90 Å². The van der Waals surface area contributed by atoms with E-state index in [1.165, 1.54) is 12.1 Å². The summed E-state index contributed by atoms with van der Waals surface area (Å²) in [5, 5.41) is 0. The van der Waals surface area contributed by atoms with Gasteiger partial charge in [0.15, 0.2) is 0 Å². The van der Waals surface area contributed by atoms with Crippen LogP contribution in [0.2, 0.25) is 0 Å². The van der Waals surface area contributed by atoms with Gasteiger partial charge in [-0.2, -0.15) is 0 Å². The van der Waals surface area contributed by atoms with Gasteiger partial charge in [0.05, 0.1) is 6.61 Å². The molecule has 2 N–H and O–H groups in total. The Kier molecular flexibility index (Phi) is 6.59. The van der Waals surface area contributed by atoms with Crippen molar-refractivity contribution in [3.05, 3.63) is 35.6 Å². The van der Waals surface area contributed by atoms with Gasteiger partial charge < -0.3 is 10.5 Å². The fraction of sp³-hybridized carbons (Fsp3) is 0.625.